The fraction of sp³-hybridized carbons (Fsp3) is 0.333. The van der Waals surface area contributed by atoms with Gasteiger partial charge >= 0.3 is 6.18 Å². The van der Waals surface area contributed by atoms with E-state index in [2.05, 4.69) is 10.3 Å². The average molecular weight is 344 g/mol. The predicted molar refractivity (Wildman–Crippen MR) is 80.5 cm³/mol. The lowest BCUT2D eigenvalue weighted by Gasteiger charge is -2.16. The Bertz CT molecular complexity index is 670. The van der Waals surface area contributed by atoms with Crippen LogP contribution in [-0.4, -0.2) is 17.0 Å². The number of hydrogen-bond acceptors (Lipinski definition) is 4. The molecule has 1 aromatic carbocycles. The summed E-state index contributed by atoms with van der Waals surface area (Å²) in [7, 11) is 0. The van der Waals surface area contributed by atoms with E-state index < -0.39 is 17.6 Å². The second kappa shape index (κ2) is 6.99. The number of benzene rings is 1. The number of hydrogen-bond donors (Lipinski definition) is 1. The fourth-order valence-corrected chi connectivity index (χ4v) is 2.44. The molecule has 0 unspecified atom stereocenters. The minimum atomic E-state index is -4.53. The molecule has 8 heteroatoms. The molecule has 124 valence electrons. The Hall–Kier alpha value is -2.09. The van der Waals surface area contributed by atoms with E-state index in [-0.39, 0.29) is 29.7 Å². The van der Waals surface area contributed by atoms with Crippen molar-refractivity contribution in [1.82, 2.24) is 10.3 Å². The first-order valence-corrected chi connectivity index (χ1v) is 7.75. The first-order valence-electron chi connectivity index (χ1n) is 6.80. The minimum Gasteiger partial charge on any atom is -0.491 e. The van der Waals surface area contributed by atoms with Crippen LogP contribution in [0.15, 0.2) is 29.1 Å². The number of thiazole rings is 1. The van der Waals surface area contributed by atoms with Crippen molar-refractivity contribution in [2.45, 2.75) is 32.7 Å². The van der Waals surface area contributed by atoms with E-state index in [1.165, 1.54) is 34.4 Å². The third kappa shape index (κ3) is 4.69. The number of carbonyl (C=O) groups excluding carboxylic acids is 1. The van der Waals surface area contributed by atoms with Gasteiger partial charge in [-0.3, -0.25) is 4.79 Å². The van der Waals surface area contributed by atoms with Crippen molar-refractivity contribution in [2.75, 3.05) is 0 Å². The molecule has 23 heavy (non-hydrogen) atoms. The van der Waals surface area contributed by atoms with Gasteiger partial charge in [0.1, 0.15) is 11.4 Å². The Morgan fingerprint density at radius 1 is 1.39 bits per heavy atom. The lowest BCUT2D eigenvalue weighted by Crippen LogP contribution is -2.24. The zero-order valence-electron chi connectivity index (χ0n) is 12.5. The van der Waals surface area contributed by atoms with Gasteiger partial charge in [-0.05, 0) is 31.5 Å². The summed E-state index contributed by atoms with van der Waals surface area (Å²) in [6.45, 7) is 3.22. The molecule has 4 nitrogen and oxygen atoms in total. The number of alkyl halides is 3. The predicted octanol–water partition coefficient (Wildman–Crippen LogP) is 3.88. The second-order valence-electron chi connectivity index (χ2n) is 5.04. The van der Waals surface area contributed by atoms with Gasteiger partial charge in [0, 0.05) is 11.9 Å². The molecule has 1 heterocycles. The van der Waals surface area contributed by atoms with E-state index in [1.807, 2.05) is 0 Å². The number of nitrogens with zero attached hydrogens (tertiary/aromatic N) is 1. The highest BCUT2D eigenvalue weighted by atomic mass is 32.1. The summed E-state index contributed by atoms with van der Waals surface area (Å²) in [4.78, 5) is 15.6. The van der Waals surface area contributed by atoms with Gasteiger partial charge in [-0.2, -0.15) is 13.2 Å². The summed E-state index contributed by atoms with van der Waals surface area (Å²) in [6, 6.07) is 3.71. The number of nitrogens with one attached hydrogen (secondary N) is 1. The maximum absolute atomic E-state index is 13.2. The van der Waals surface area contributed by atoms with E-state index in [0.717, 1.165) is 6.07 Å². The van der Waals surface area contributed by atoms with Crippen LogP contribution in [0.25, 0.3) is 0 Å². The second-order valence-corrected chi connectivity index (χ2v) is 5.76. The van der Waals surface area contributed by atoms with Crippen LogP contribution in [0, 0.1) is 0 Å². The van der Waals surface area contributed by atoms with E-state index >= 15 is 0 Å². The first-order chi connectivity index (χ1) is 10.8. The van der Waals surface area contributed by atoms with Crippen molar-refractivity contribution in [3.05, 3.63) is 45.9 Å². The number of halogens is 3. The standard InChI is InChI=1S/C15H15F3N2O2S/c1-9(2)22-11-4-3-10(12(5-11)15(16,17)18)6-19-14(21)13-7-23-8-20-13/h3-5,7-9H,6H2,1-2H3,(H,19,21). The summed E-state index contributed by atoms with van der Waals surface area (Å²) in [6.07, 6.45) is -4.76. The van der Waals surface area contributed by atoms with Crippen LogP contribution >= 0.6 is 11.3 Å². The largest absolute Gasteiger partial charge is 0.491 e. The summed E-state index contributed by atoms with van der Waals surface area (Å²) in [5.74, 6) is -0.371. The molecule has 0 spiro atoms. The molecule has 0 aliphatic rings. The van der Waals surface area contributed by atoms with Crippen molar-refractivity contribution in [1.29, 1.82) is 0 Å². The summed E-state index contributed by atoms with van der Waals surface area (Å²) in [5.41, 5.74) is 0.809. The number of rotatable bonds is 5. The van der Waals surface area contributed by atoms with Gasteiger partial charge in [0.25, 0.3) is 5.91 Å². The quantitative estimate of drug-likeness (QED) is 0.895. The zero-order valence-corrected chi connectivity index (χ0v) is 13.3. The molecular formula is C15H15F3N2O2S. The molecule has 2 rings (SSSR count). The molecule has 0 radical (unpaired) electrons. The van der Waals surface area contributed by atoms with Crippen LogP contribution in [0.5, 0.6) is 5.75 Å². The van der Waals surface area contributed by atoms with Gasteiger partial charge in [-0.15, -0.1) is 11.3 Å². The molecular weight excluding hydrogens is 329 g/mol. The highest BCUT2D eigenvalue weighted by Crippen LogP contribution is 2.34. The van der Waals surface area contributed by atoms with Gasteiger partial charge in [0.2, 0.25) is 0 Å². The molecule has 0 aliphatic heterocycles. The van der Waals surface area contributed by atoms with E-state index in [4.69, 9.17) is 4.74 Å². The van der Waals surface area contributed by atoms with Crippen LogP contribution in [0.1, 0.15) is 35.5 Å². The van der Waals surface area contributed by atoms with Gasteiger partial charge < -0.3 is 10.1 Å². The van der Waals surface area contributed by atoms with Crippen molar-refractivity contribution in [3.8, 4) is 5.75 Å². The van der Waals surface area contributed by atoms with Crippen LogP contribution in [-0.2, 0) is 12.7 Å². The number of aromatic nitrogens is 1. The summed E-state index contributed by atoms with van der Waals surface area (Å²) < 4.78 is 44.8. The maximum Gasteiger partial charge on any atom is 0.416 e. The smallest absolute Gasteiger partial charge is 0.416 e. The van der Waals surface area contributed by atoms with Crippen molar-refractivity contribution in [3.63, 3.8) is 0 Å². The Kier molecular flexibility index (Phi) is 5.25. The number of amides is 1. The number of ether oxygens (including phenoxy) is 1. The van der Waals surface area contributed by atoms with Gasteiger partial charge in [0.05, 0.1) is 17.2 Å². The molecule has 1 amide bonds. The van der Waals surface area contributed by atoms with Gasteiger partial charge in [-0.1, -0.05) is 6.07 Å². The lowest BCUT2D eigenvalue weighted by molar-refractivity contribution is -0.138. The molecule has 0 saturated carbocycles. The third-order valence-electron chi connectivity index (χ3n) is 2.86. The first kappa shape index (κ1) is 17.3. The molecule has 0 atom stereocenters. The monoisotopic (exact) mass is 344 g/mol. The summed E-state index contributed by atoms with van der Waals surface area (Å²) in [5, 5.41) is 3.97. The van der Waals surface area contributed by atoms with Crippen LogP contribution in [0.4, 0.5) is 13.2 Å². The van der Waals surface area contributed by atoms with Crippen LogP contribution < -0.4 is 10.1 Å². The molecule has 0 bridgehead atoms. The molecule has 2 aromatic rings. The minimum absolute atomic E-state index is 0.0304. The van der Waals surface area contributed by atoms with Crippen molar-refractivity contribution < 1.29 is 22.7 Å². The van der Waals surface area contributed by atoms with Crippen molar-refractivity contribution in [2.24, 2.45) is 0 Å². The fourth-order valence-electron chi connectivity index (χ4n) is 1.91. The Labute approximate surface area is 135 Å². The Balaban J connectivity index is 2.18. The molecule has 0 fully saturated rings. The maximum atomic E-state index is 13.2. The van der Waals surface area contributed by atoms with Crippen LogP contribution in [0.2, 0.25) is 0 Å². The summed E-state index contributed by atoms with van der Waals surface area (Å²) >= 11 is 1.24. The van der Waals surface area contributed by atoms with Gasteiger partial charge in [0.15, 0.2) is 0 Å². The van der Waals surface area contributed by atoms with Gasteiger partial charge in [-0.25, -0.2) is 4.98 Å². The topological polar surface area (TPSA) is 51.2 Å². The molecule has 0 saturated heterocycles. The number of carbonyl (C=O) groups is 1. The highest BCUT2D eigenvalue weighted by molar-refractivity contribution is 7.07. The highest BCUT2D eigenvalue weighted by Gasteiger charge is 2.34. The normalized spacial score (nSPS) is 11.6. The van der Waals surface area contributed by atoms with E-state index in [1.54, 1.807) is 13.8 Å². The lowest BCUT2D eigenvalue weighted by atomic mass is 10.1. The van der Waals surface area contributed by atoms with E-state index in [0.29, 0.717) is 0 Å². The SMILES string of the molecule is CC(C)Oc1ccc(CNC(=O)c2cscn2)c(C(F)(F)F)c1. The van der Waals surface area contributed by atoms with E-state index in [9.17, 15) is 18.0 Å². The van der Waals surface area contributed by atoms with Crippen LogP contribution in [0.3, 0.4) is 0 Å². The van der Waals surface area contributed by atoms with Crippen molar-refractivity contribution >= 4 is 17.2 Å². The average Bonchev–Trinajstić information content (AvgIpc) is 2.98. The zero-order chi connectivity index (χ0) is 17.0. The molecule has 1 N–H and O–H groups in total. The molecule has 1 aromatic heterocycles. The molecule has 0 aliphatic carbocycles. The Morgan fingerprint density at radius 3 is 2.70 bits per heavy atom. The third-order valence-corrected chi connectivity index (χ3v) is 3.45. The Morgan fingerprint density at radius 2 is 2.13 bits per heavy atom.